The van der Waals surface area contributed by atoms with E-state index < -0.39 is 0 Å². The van der Waals surface area contributed by atoms with E-state index in [1.54, 1.807) is 24.3 Å². The molecule has 1 aromatic heterocycles. The molecular weight excluding hydrogens is 224 g/mol. The highest BCUT2D eigenvalue weighted by molar-refractivity contribution is 7.98. The number of nitrogens with zero attached hydrogens (tertiary/aromatic N) is 2. The summed E-state index contributed by atoms with van der Waals surface area (Å²) >= 11 is 1.77. The normalized spacial score (nSPS) is 10.4. The van der Waals surface area contributed by atoms with Crippen molar-refractivity contribution in [1.29, 1.82) is 0 Å². The molecule has 1 rings (SSSR count). The van der Waals surface area contributed by atoms with E-state index in [0.717, 1.165) is 12.2 Å². The van der Waals surface area contributed by atoms with E-state index in [1.165, 1.54) is 0 Å². The molecule has 0 aliphatic heterocycles. The van der Waals surface area contributed by atoms with Crippen LogP contribution in [0, 0.1) is 0 Å². The van der Waals surface area contributed by atoms with Crippen molar-refractivity contribution in [2.24, 2.45) is 5.73 Å². The molecule has 0 radical (unpaired) electrons. The molecule has 0 aliphatic carbocycles. The molecule has 0 atom stereocenters. The fourth-order valence-corrected chi connectivity index (χ4v) is 1.69. The summed E-state index contributed by atoms with van der Waals surface area (Å²) in [5, 5.41) is 2.83. The van der Waals surface area contributed by atoms with Crippen LogP contribution in [0.1, 0.15) is 16.9 Å². The highest BCUT2D eigenvalue weighted by Gasteiger charge is 2.07. The highest BCUT2D eigenvalue weighted by atomic mass is 32.2. The molecule has 0 spiro atoms. The average Bonchev–Trinajstić information content (AvgIpc) is 2.73. The predicted octanol–water partition coefficient (Wildman–Crippen LogP) is 0.325. The van der Waals surface area contributed by atoms with Crippen molar-refractivity contribution in [3.63, 3.8) is 0 Å². The van der Waals surface area contributed by atoms with Gasteiger partial charge in [-0.1, -0.05) is 0 Å². The van der Waals surface area contributed by atoms with Gasteiger partial charge in [0.05, 0.1) is 6.33 Å². The lowest BCUT2D eigenvalue weighted by atomic mass is 10.4. The zero-order chi connectivity index (χ0) is 11.8. The van der Waals surface area contributed by atoms with Crippen LogP contribution in [0.3, 0.4) is 0 Å². The molecule has 1 aromatic rings. The van der Waals surface area contributed by atoms with E-state index in [4.69, 9.17) is 5.73 Å². The van der Waals surface area contributed by atoms with E-state index in [9.17, 15) is 4.79 Å². The fourth-order valence-electron chi connectivity index (χ4n) is 1.26. The number of amides is 1. The Labute approximate surface area is 99.8 Å². The first-order valence-electron chi connectivity index (χ1n) is 5.27. The van der Waals surface area contributed by atoms with Crippen molar-refractivity contribution in [2.45, 2.75) is 13.0 Å². The third-order valence-corrected chi connectivity index (χ3v) is 2.76. The molecule has 0 saturated carbocycles. The molecule has 6 heteroatoms. The van der Waals surface area contributed by atoms with Gasteiger partial charge in [0, 0.05) is 25.8 Å². The van der Waals surface area contributed by atoms with Crippen LogP contribution in [0.15, 0.2) is 12.5 Å². The smallest absolute Gasteiger partial charge is 0.271 e. The number of rotatable bonds is 7. The molecular formula is C10H18N4OS. The number of hydrogen-bond acceptors (Lipinski definition) is 4. The average molecular weight is 242 g/mol. The maximum atomic E-state index is 11.6. The van der Waals surface area contributed by atoms with Crippen LogP contribution in [0.25, 0.3) is 0 Å². The Balaban J connectivity index is 2.34. The fraction of sp³-hybridized carbons (Fsp3) is 0.600. The Bertz CT molecular complexity index is 326. The first-order chi connectivity index (χ1) is 7.77. The summed E-state index contributed by atoms with van der Waals surface area (Å²) in [6, 6.07) is 0. The van der Waals surface area contributed by atoms with Crippen LogP contribution in [-0.2, 0) is 6.54 Å². The van der Waals surface area contributed by atoms with E-state index >= 15 is 0 Å². The maximum Gasteiger partial charge on any atom is 0.271 e. The lowest BCUT2D eigenvalue weighted by Crippen LogP contribution is -2.25. The Morgan fingerprint density at radius 2 is 2.50 bits per heavy atom. The Kier molecular flexibility index (Phi) is 5.95. The van der Waals surface area contributed by atoms with Gasteiger partial charge in [-0.3, -0.25) is 4.79 Å². The molecule has 5 nitrogen and oxygen atoms in total. The van der Waals surface area contributed by atoms with Gasteiger partial charge in [0.2, 0.25) is 0 Å². The second-order valence-electron chi connectivity index (χ2n) is 3.39. The summed E-state index contributed by atoms with van der Waals surface area (Å²) in [7, 11) is 0. The van der Waals surface area contributed by atoms with Crippen LogP contribution in [-0.4, -0.2) is 40.6 Å². The molecule has 0 unspecified atom stereocenters. The molecule has 0 aromatic carbocycles. The second kappa shape index (κ2) is 7.29. The van der Waals surface area contributed by atoms with E-state index in [0.29, 0.717) is 25.3 Å². The second-order valence-corrected chi connectivity index (χ2v) is 4.37. The van der Waals surface area contributed by atoms with Gasteiger partial charge < -0.3 is 15.6 Å². The molecule has 0 fully saturated rings. The van der Waals surface area contributed by atoms with Crippen molar-refractivity contribution in [3.05, 3.63) is 18.2 Å². The molecule has 1 amide bonds. The van der Waals surface area contributed by atoms with Crippen LogP contribution >= 0.6 is 11.8 Å². The number of carbonyl (C=O) groups excluding carboxylic acids is 1. The van der Waals surface area contributed by atoms with E-state index in [-0.39, 0.29) is 5.91 Å². The molecule has 1 heterocycles. The van der Waals surface area contributed by atoms with Crippen molar-refractivity contribution in [3.8, 4) is 0 Å². The molecule has 16 heavy (non-hydrogen) atoms. The van der Waals surface area contributed by atoms with Crippen molar-refractivity contribution >= 4 is 17.7 Å². The predicted molar refractivity (Wildman–Crippen MR) is 66.6 cm³/mol. The van der Waals surface area contributed by atoms with Crippen LogP contribution < -0.4 is 11.1 Å². The zero-order valence-electron chi connectivity index (χ0n) is 9.48. The van der Waals surface area contributed by atoms with E-state index in [2.05, 4.69) is 16.6 Å². The third-order valence-electron chi connectivity index (χ3n) is 2.06. The number of nitrogens with two attached hydrogens (primary N) is 1. The van der Waals surface area contributed by atoms with Crippen LogP contribution in [0.5, 0.6) is 0 Å². The third kappa shape index (κ3) is 4.24. The minimum Gasteiger partial charge on any atom is -0.351 e. The number of aromatic nitrogens is 2. The first kappa shape index (κ1) is 13.1. The minimum atomic E-state index is -0.114. The Morgan fingerprint density at radius 3 is 3.19 bits per heavy atom. The van der Waals surface area contributed by atoms with Gasteiger partial charge >= 0.3 is 0 Å². The summed E-state index contributed by atoms with van der Waals surface area (Å²) in [6.07, 6.45) is 6.38. The SMILES string of the molecule is CSCCCNC(=O)c1cn(CCN)cn1. The number of carbonyl (C=O) groups is 1. The summed E-state index contributed by atoms with van der Waals surface area (Å²) in [5.41, 5.74) is 5.86. The van der Waals surface area contributed by atoms with Gasteiger partial charge in [-0.15, -0.1) is 0 Å². The summed E-state index contributed by atoms with van der Waals surface area (Å²) in [6.45, 7) is 1.93. The largest absolute Gasteiger partial charge is 0.351 e. The van der Waals surface area contributed by atoms with Gasteiger partial charge in [-0.05, 0) is 18.4 Å². The van der Waals surface area contributed by atoms with Gasteiger partial charge in [0.15, 0.2) is 0 Å². The van der Waals surface area contributed by atoms with Gasteiger partial charge in [0.1, 0.15) is 5.69 Å². The molecule has 0 bridgehead atoms. The molecule has 90 valence electrons. The summed E-state index contributed by atoms with van der Waals surface area (Å²) < 4.78 is 1.82. The zero-order valence-corrected chi connectivity index (χ0v) is 10.3. The summed E-state index contributed by atoms with van der Waals surface area (Å²) in [4.78, 5) is 15.6. The lowest BCUT2D eigenvalue weighted by Gasteiger charge is -2.01. The Morgan fingerprint density at radius 1 is 1.69 bits per heavy atom. The lowest BCUT2D eigenvalue weighted by molar-refractivity contribution is 0.0949. The van der Waals surface area contributed by atoms with Gasteiger partial charge in [-0.25, -0.2) is 4.98 Å². The Hall–Kier alpha value is -1.01. The molecule has 3 N–H and O–H groups in total. The standard InChI is InChI=1S/C10H18N4OS/c1-16-6-2-4-12-10(15)9-7-14(5-3-11)8-13-9/h7-8H,2-6,11H2,1H3,(H,12,15). The van der Waals surface area contributed by atoms with Gasteiger partial charge in [-0.2, -0.15) is 11.8 Å². The number of thioether (sulfide) groups is 1. The first-order valence-corrected chi connectivity index (χ1v) is 6.66. The highest BCUT2D eigenvalue weighted by Crippen LogP contribution is 1.97. The van der Waals surface area contributed by atoms with Crippen LogP contribution in [0.2, 0.25) is 0 Å². The summed E-state index contributed by atoms with van der Waals surface area (Å²) in [5.74, 6) is 0.943. The maximum absolute atomic E-state index is 11.6. The topological polar surface area (TPSA) is 72.9 Å². The number of imidazole rings is 1. The minimum absolute atomic E-state index is 0.114. The van der Waals surface area contributed by atoms with Crippen LogP contribution in [0.4, 0.5) is 0 Å². The monoisotopic (exact) mass is 242 g/mol. The van der Waals surface area contributed by atoms with Crippen molar-refractivity contribution < 1.29 is 4.79 Å². The number of nitrogens with one attached hydrogen (secondary N) is 1. The van der Waals surface area contributed by atoms with Crippen molar-refractivity contribution in [2.75, 3.05) is 25.1 Å². The number of hydrogen-bond donors (Lipinski definition) is 2. The molecule has 0 saturated heterocycles. The van der Waals surface area contributed by atoms with E-state index in [1.807, 2.05) is 4.57 Å². The molecule has 0 aliphatic rings. The van der Waals surface area contributed by atoms with Gasteiger partial charge in [0.25, 0.3) is 5.91 Å². The quantitative estimate of drug-likeness (QED) is 0.676. The van der Waals surface area contributed by atoms with Crippen molar-refractivity contribution in [1.82, 2.24) is 14.9 Å².